The summed E-state index contributed by atoms with van der Waals surface area (Å²) in [5.74, 6) is -0.833. The summed E-state index contributed by atoms with van der Waals surface area (Å²) in [6.07, 6.45) is 6.60. The van der Waals surface area contributed by atoms with E-state index < -0.39 is 5.97 Å². The molecule has 0 radical (unpaired) electrons. The van der Waals surface area contributed by atoms with Crippen molar-refractivity contribution < 1.29 is 19.4 Å². The first-order valence-corrected chi connectivity index (χ1v) is 6.86. The zero-order valence-corrected chi connectivity index (χ0v) is 10.6. The van der Waals surface area contributed by atoms with Crippen LogP contribution in [0, 0.1) is 0 Å². The molecule has 5 nitrogen and oxygen atoms in total. The molecule has 0 spiro atoms. The van der Waals surface area contributed by atoms with Crippen LogP contribution in [0.3, 0.4) is 0 Å². The molecule has 0 aromatic carbocycles. The fourth-order valence-electron chi connectivity index (χ4n) is 2.86. The largest absolute Gasteiger partial charge is 0.481 e. The van der Waals surface area contributed by atoms with Gasteiger partial charge in [0.15, 0.2) is 0 Å². The number of cyclic esters (lactones) is 1. The highest BCUT2D eigenvalue weighted by Gasteiger charge is 2.32. The Morgan fingerprint density at radius 2 is 2.00 bits per heavy atom. The van der Waals surface area contributed by atoms with Gasteiger partial charge in [-0.1, -0.05) is 19.3 Å². The van der Waals surface area contributed by atoms with Gasteiger partial charge in [-0.2, -0.15) is 0 Å². The second-order valence-corrected chi connectivity index (χ2v) is 5.21. The highest BCUT2D eigenvalue weighted by atomic mass is 16.6. The topological polar surface area (TPSA) is 66.8 Å². The molecule has 18 heavy (non-hydrogen) atoms. The highest BCUT2D eigenvalue weighted by molar-refractivity contribution is 5.69. The molecular weight excluding hydrogens is 234 g/mol. The Morgan fingerprint density at radius 3 is 2.61 bits per heavy atom. The van der Waals surface area contributed by atoms with Crippen LogP contribution in [0.2, 0.25) is 0 Å². The monoisotopic (exact) mass is 255 g/mol. The van der Waals surface area contributed by atoms with Crippen LogP contribution in [-0.2, 0) is 9.53 Å². The minimum atomic E-state index is -0.833. The van der Waals surface area contributed by atoms with Gasteiger partial charge in [0.25, 0.3) is 0 Å². The van der Waals surface area contributed by atoms with Crippen molar-refractivity contribution in [1.29, 1.82) is 0 Å². The van der Waals surface area contributed by atoms with Gasteiger partial charge in [0.05, 0.1) is 0 Å². The molecule has 5 heteroatoms. The lowest BCUT2D eigenvalue weighted by Gasteiger charge is -2.38. The third-order valence-corrected chi connectivity index (χ3v) is 3.89. The maximum Gasteiger partial charge on any atom is 0.410 e. The van der Waals surface area contributed by atoms with Gasteiger partial charge in [-0.25, -0.2) is 4.79 Å². The van der Waals surface area contributed by atoms with Crippen molar-refractivity contribution in [2.45, 2.75) is 63.5 Å². The Labute approximate surface area is 107 Å². The van der Waals surface area contributed by atoms with E-state index in [0.29, 0.717) is 19.0 Å². The van der Waals surface area contributed by atoms with Crippen LogP contribution >= 0.6 is 0 Å². The van der Waals surface area contributed by atoms with E-state index >= 15 is 0 Å². The molecule has 1 saturated carbocycles. The average molecular weight is 255 g/mol. The first-order valence-electron chi connectivity index (χ1n) is 6.86. The molecule has 1 heterocycles. The minimum absolute atomic E-state index is 0.0708. The van der Waals surface area contributed by atoms with Gasteiger partial charge in [0.1, 0.15) is 6.10 Å². The van der Waals surface area contributed by atoms with Crippen LogP contribution in [0.25, 0.3) is 0 Å². The van der Waals surface area contributed by atoms with E-state index in [0.717, 1.165) is 19.3 Å². The van der Waals surface area contributed by atoms with Gasteiger partial charge in [0.2, 0.25) is 0 Å². The Morgan fingerprint density at radius 1 is 1.28 bits per heavy atom. The van der Waals surface area contributed by atoms with Crippen LogP contribution in [-0.4, -0.2) is 40.8 Å². The molecule has 1 aliphatic carbocycles. The van der Waals surface area contributed by atoms with Crippen molar-refractivity contribution in [3.8, 4) is 0 Å². The van der Waals surface area contributed by atoms with Gasteiger partial charge in [-0.05, 0) is 19.3 Å². The second kappa shape index (κ2) is 6.07. The molecule has 0 aromatic heterocycles. The standard InChI is InChI=1S/C13H21NO4/c15-12(16)7-6-11-8-9-14(13(17)18-11)10-4-2-1-3-5-10/h10-11H,1-9H2,(H,15,16). The molecule has 1 aliphatic heterocycles. The lowest BCUT2D eigenvalue weighted by atomic mass is 9.94. The normalized spacial score (nSPS) is 25.9. The van der Waals surface area contributed by atoms with Crippen molar-refractivity contribution in [2.75, 3.05) is 6.54 Å². The third kappa shape index (κ3) is 3.37. The molecule has 1 saturated heterocycles. The molecule has 1 atom stereocenters. The quantitative estimate of drug-likeness (QED) is 0.837. The average Bonchev–Trinajstić information content (AvgIpc) is 2.37. The van der Waals surface area contributed by atoms with Gasteiger partial charge in [-0.15, -0.1) is 0 Å². The SMILES string of the molecule is O=C(O)CCC1CCN(C2CCCCC2)C(=O)O1. The summed E-state index contributed by atoms with van der Waals surface area (Å²) >= 11 is 0. The molecule has 2 fully saturated rings. The van der Waals surface area contributed by atoms with E-state index in [1.165, 1.54) is 19.3 Å². The molecule has 1 N–H and O–H groups in total. The van der Waals surface area contributed by atoms with Gasteiger partial charge in [0, 0.05) is 25.4 Å². The zero-order valence-electron chi connectivity index (χ0n) is 10.6. The van der Waals surface area contributed by atoms with E-state index in [1.54, 1.807) is 0 Å². The number of carbonyl (C=O) groups excluding carboxylic acids is 1. The van der Waals surface area contributed by atoms with Gasteiger partial charge < -0.3 is 14.7 Å². The Balaban J connectivity index is 1.80. The summed E-state index contributed by atoms with van der Waals surface area (Å²) in [7, 11) is 0. The van der Waals surface area contributed by atoms with Crippen molar-refractivity contribution in [2.24, 2.45) is 0 Å². The van der Waals surface area contributed by atoms with Crippen molar-refractivity contribution in [3.63, 3.8) is 0 Å². The molecule has 1 unspecified atom stereocenters. The summed E-state index contributed by atoms with van der Waals surface area (Å²) in [4.78, 5) is 24.2. The lowest BCUT2D eigenvalue weighted by molar-refractivity contribution is -0.137. The van der Waals surface area contributed by atoms with Crippen LogP contribution in [0.5, 0.6) is 0 Å². The number of carbonyl (C=O) groups is 2. The Hall–Kier alpha value is -1.26. The molecule has 2 rings (SSSR count). The lowest BCUT2D eigenvalue weighted by Crippen LogP contribution is -2.48. The Bertz CT molecular complexity index is 312. The number of aliphatic carboxylic acids is 1. The van der Waals surface area contributed by atoms with Crippen LogP contribution in [0.4, 0.5) is 4.79 Å². The third-order valence-electron chi connectivity index (χ3n) is 3.89. The van der Waals surface area contributed by atoms with Crippen molar-refractivity contribution in [3.05, 3.63) is 0 Å². The number of hydrogen-bond donors (Lipinski definition) is 1. The number of carboxylic acids is 1. The summed E-state index contributed by atoms with van der Waals surface area (Å²) in [6, 6.07) is 0.340. The Kier molecular flexibility index (Phi) is 4.44. The maximum absolute atomic E-state index is 11.9. The van der Waals surface area contributed by atoms with Gasteiger partial charge in [-0.3, -0.25) is 4.79 Å². The van der Waals surface area contributed by atoms with Gasteiger partial charge >= 0.3 is 12.1 Å². The van der Waals surface area contributed by atoms with E-state index in [2.05, 4.69) is 0 Å². The van der Waals surface area contributed by atoms with E-state index in [4.69, 9.17) is 9.84 Å². The van der Waals surface area contributed by atoms with Crippen LogP contribution < -0.4 is 0 Å². The van der Waals surface area contributed by atoms with Crippen LogP contribution in [0.1, 0.15) is 51.4 Å². The number of hydrogen-bond acceptors (Lipinski definition) is 3. The number of rotatable bonds is 4. The van der Waals surface area contributed by atoms with Crippen molar-refractivity contribution in [1.82, 2.24) is 4.90 Å². The number of amides is 1. The summed E-state index contributed by atoms with van der Waals surface area (Å²) in [6.45, 7) is 0.716. The first kappa shape index (κ1) is 13.2. The fraction of sp³-hybridized carbons (Fsp3) is 0.846. The summed E-state index contributed by atoms with van der Waals surface area (Å²) in [5, 5.41) is 8.61. The molecule has 0 bridgehead atoms. The highest BCUT2D eigenvalue weighted by Crippen LogP contribution is 2.26. The molecule has 0 aromatic rings. The van der Waals surface area contributed by atoms with E-state index in [1.807, 2.05) is 4.90 Å². The van der Waals surface area contributed by atoms with Crippen LogP contribution in [0.15, 0.2) is 0 Å². The molecule has 1 amide bonds. The number of nitrogens with zero attached hydrogens (tertiary/aromatic N) is 1. The molecular formula is C13H21NO4. The maximum atomic E-state index is 11.9. The summed E-state index contributed by atoms with van der Waals surface area (Å²) in [5.41, 5.74) is 0. The smallest absolute Gasteiger partial charge is 0.410 e. The van der Waals surface area contributed by atoms with E-state index in [9.17, 15) is 9.59 Å². The van der Waals surface area contributed by atoms with E-state index in [-0.39, 0.29) is 18.6 Å². The fourth-order valence-corrected chi connectivity index (χ4v) is 2.86. The minimum Gasteiger partial charge on any atom is -0.481 e. The first-order chi connectivity index (χ1) is 8.66. The summed E-state index contributed by atoms with van der Waals surface area (Å²) < 4.78 is 5.33. The molecule has 2 aliphatic rings. The van der Waals surface area contributed by atoms with Crippen molar-refractivity contribution >= 4 is 12.1 Å². The number of ether oxygens (including phenoxy) is 1. The zero-order chi connectivity index (χ0) is 13.0. The predicted octanol–water partition coefficient (Wildman–Crippen LogP) is 2.39. The predicted molar refractivity (Wildman–Crippen MR) is 65.3 cm³/mol. The second-order valence-electron chi connectivity index (χ2n) is 5.21. The molecule has 102 valence electrons. The number of carboxylic acid groups (broad SMARTS) is 1.